The Morgan fingerprint density at radius 1 is 1.29 bits per heavy atom. The van der Waals surface area contributed by atoms with Gasteiger partial charge in [-0.2, -0.15) is 13.9 Å². The molecule has 3 rings (SSSR count). The first-order chi connectivity index (χ1) is 11.3. The number of aromatic nitrogens is 2. The van der Waals surface area contributed by atoms with E-state index in [-0.39, 0.29) is 29.9 Å². The molecule has 1 N–H and O–H groups in total. The number of hydrogen-bond acceptors (Lipinski definition) is 2. The van der Waals surface area contributed by atoms with Gasteiger partial charge in [0.2, 0.25) is 0 Å². The Kier molecular flexibility index (Phi) is 3.94. The van der Waals surface area contributed by atoms with Crippen LogP contribution in [0, 0.1) is 11.6 Å². The van der Waals surface area contributed by atoms with Gasteiger partial charge in [-0.3, -0.25) is 4.90 Å². The van der Waals surface area contributed by atoms with E-state index in [2.05, 4.69) is 5.10 Å². The minimum absolute atomic E-state index is 0.0578. The first-order valence-corrected chi connectivity index (χ1v) is 7.15. The number of nitrogens with zero attached hydrogens (tertiary/aromatic N) is 3. The van der Waals surface area contributed by atoms with Gasteiger partial charge in [0.1, 0.15) is 11.6 Å². The highest BCUT2D eigenvalue weighted by atomic mass is 19.3. The average Bonchev–Trinajstić information content (AvgIpc) is 2.86. The quantitative estimate of drug-likeness (QED) is 0.844. The summed E-state index contributed by atoms with van der Waals surface area (Å²) in [6.45, 7) is -1.41. The molecule has 9 heteroatoms. The lowest BCUT2D eigenvalue weighted by molar-refractivity contribution is 0.0574. The summed E-state index contributed by atoms with van der Waals surface area (Å²) in [5.41, 5.74) is 0.404. The number of fused-ring (bicyclic) bond motifs is 1. The molecule has 0 saturated carbocycles. The van der Waals surface area contributed by atoms with E-state index >= 15 is 0 Å². The number of alkyl halides is 2. The van der Waals surface area contributed by atoms with Gasteiger partial charge in [0.05, 0.1) is 17.4 Å². The molecule has 0 bridgehead atoms. The molecule has 0 fully saturated rings. The number of halogens is 4. The maximum absolute atomic E-state index is 13.5. The summed E-state index contributed by atoms with van der Waals surface area (Å²) in [5.74, 6) is -1.78. The number of amides is 1. The molecule has 0 radical (unpaired) electrons. The number of benzene rings is 1. The predicted octanol–water partition coefficient (Wildman–Crippen LogP) is 3.82. The fraction of sp³-hybridized carbons (Fsp3) is 0.333. The van der Waals surface area contributed by atoms with E-state index in [0.717, 1.165) is 17.0 Å². The van der Waals surface area contributed by atoms with Crippen LogP contribution in [-0.2, 0) is 6.42 Å². The molecular weight excluding hydrogens is 330 g/mol. The second kappa shape index (κ2) is 5.81. The molecule has 1 aliphatic heterocycles. The van der Waals surface area contributed by atoms with Gasteiger partial charge < -0.3 is 5.11 Å². The normalized spacial score (nSPS) is 17.2. The Morgan fingerprint density at radius 3 is 2.46 bits per heavy atom. The summed E-state index contributed by atoms with van der Waals surface area (Å²) >= 11 is 0. The van der Waals surface area contributed by atoms with Crippen LogP contribution in [0.4, 0.5) is 22.4 Å². The third-order valence-corrected chi connectivity index (χ3v) is 4.07. The Morgan fingerprint density at radius 2 is 1.92 bits per heavy atom. The molecule has 1 amide bonds. The summed E-state index contributed by atoms with van der Waals surface area (Å²) in [5, 5.41) is 13.0. The van der Waals surface area contributed by atoms with Gasteiger partial charge >= 0.3 is 12.6 Å². The summed E-state index contributed by atoms with van der Waals surface area (Å²) in [6, 6.07) is 1.82. The Bertz CT molecular complexity index is 786. The minimum Gasteiger partial charge on any atom is -0.465 e. The number of hydrogen-bond donors (Lipinski definition) is 1. The van der Waals surface area contributed by atoms with Crippen molar-refractivity contribution in [2.24, 2.45) is 0 Å². The van der Waals surface area contributed by atoms with E-state index in [9.17, 15) is 22.4 Å². The molecule has 0 spiro atoms. The van der Waals surface area contributed by atoms with E-state index in [1.54, 1.807) is 0 Å². The van der Waals surface area contributed by atoms with Crippen LogP contribution in [-0.4, -0.2) is 32.4 Å². The highest BCUT2D eigenvalue weighted by molar-refractivity contribution is 5.69. The SMILES string of the molecule is CC1c2nn(C(F)F)c(-c3cc(F)cc(F)c3)c2CCN1C(=O)O. The van der Waals surface area contributed by atoms with Crippen molar-refractivity contribution in [3.63, 3.8) is 0 Å². The highest BCUT2D eigenvalue weighted by Gasteiger charge is 2.34. The zero-order valence-electron chi connectivity index (χ0n) is 12.5. The van der Waals surface area contributed by atoms with Crippen LogP contribution in [0.5, 0.6) is 0 Å². The summed E-state index contributed by atoms with van der Waals surface area (Å²) in [7, 11) is 0. The van der Waals surface area contributed by atoms with Gasteiger partial charge in [-0.15, -0.1) is 0 Å². The molecule has 2 heterocycles. The van der Waals surface area contributed by atoms with Gasteiger partial charge in [-0.25, -0.2) is 18.3 Å². The third-order valence-electron chi connectivity index (χ3n) is 4.07. The van der Waals surface area contributed by atoms with Crippen LogP contribution in [0.1, 0.15) is 30.8 Å². The molecule has 0 aliphatic carbocycles. The molecule has 1 aromatic carbocycles. The van der Waals surface area contributed by atoms with Gasteiger partial charge in [-0.05, 0) is 25.5 Å². The second-order valence-corrected chi connectivity index (χ2v) is 5.49. The topological polar surface area (TPSA) is 58.4 Å². The molecule has 0 saturated heterocycles. The lowest BCUT2D eigenvalue weighted by atomic mass is 9.96. The fourth-order valence-electron chi connectivity index (χ4n) is 3.04. The lowest BCUT2D eigenvalue weighted by Gasteiger charge is -2.30. The zero-order chi connectivity index (χ0) is 17.6. The monoisotopic (exact) mass is 343 g/mol. The largest absolute Gasteiger partial charge is 0.465 e. The summed E-state index contributed by atoms with van der Waals surface area (Å²) in [6.07, 6.45) is -1.05. The van der Waals surface area contributed by atoms with Crippen LogP contribution in [0.2, 0.25) is 0 Å². The van der Waals surface area contributed by atoms with Crippen molar-refractivity contribution in [3.05, 3.63) is 41.1 Å². The maximum Gasteiger partial charge on any atom is 0.407 e. The summed E-state index contributed by atoms with van der Waals surface area (Å²) in [4.78, 5) is 12.3. The van der Waals surface area contributed by atoms with E-state index in [0.29, 0.717) is 16.3 Å². The number of carbonyl (C=O) groups is 1. The van der Waals surface area contributed by atoms with Crippen LogP contribution < -0.4 is 0 Å². The smallest absolute Gasteiger partial charge is 0.407 e. The Balaban J connectivity index is 2.20. The van der Waals surface area contributed by atoms with Crippen molar-refractivity contribution < 1.29 is 27.5 Å². The molecule has 1 atom stereocenters. The zero-order valence-corrected chi connectivity index (χ0v) is 12.5. The van der Waals surface area contributed by atoms with E-state index in [1.165, 1.54) is 6.92 Å². The highest BCUT2D eigenvalue weighted by Crippen LogP contribution is 2.38. The number of rotatable bonds is 2. The van der Waals surface area contributed by atoms with Crippen molar-refractivity contribution >= 4 is 6.09 Å². The van der Waals surface area contributed by atoms with Crippen molar-refractivity contribution in [1.29, 1.82) is 0 Å². The maximum atomic E-state index is 13.5. The first-order valence-electron chi connectivity index (χ1n) is 7.15. The van der Waals surface area contributed by atoms with Crippen LogP contribution in [0.15, 0.2) is 18.2 Å². The third kappa shape index (κ3) is 2.59. The van der Waals surface area contributed by atoms with Gasteiger partial charge in [0.25, 0.3) is 0 Å². The van der Waals surface area contributed by atoms with Crippen molar-refractivity contribution in [2.75, 3.05) is 6.54 Å². The van der Waals surface area contributed by atoms with Gasteiger partial charge in [0, 0.05) is 23.7 Å². The summed E-state index contributed by atoms with van der Waals surface area (Å²) < 4.78 is 54.1. The van der Waals surface area contributed by atoms with E-state index < -0.39 is 30.3 Å². The standard InChI is InChI=1S/C15H13F4N3O2/c1-7-12-11(2-3-21(7)15(23)24)13(22(20-12)14(18)19)8-4-9(16)6-10(17)5-8/h4-7,14H,2-3H2,1H3,(H,23,24). The molecular formula is C15H13F4N3O2. The van der Waals surface area contributed by atoms with Crippen molar-refractivity contribution in [2.45, 2.75) is 25.9 Å². The van der Waals surface area contributed by atoms with Gasteiger partial charge in [0.15, 0.2) is 0 Å². The molecule has 1 aliphatic rings. The van der Waals surface area contributed by atoms with Crippen LogP contribution >= 0.6 is 0 Å². The lowest BCUT2D eigenvalue weighted by Crippen LogP contribution is -2.37. The Hall–Kier alpha value is -2.58. The molecule has 1 aromatic heterocycles. The van der Waals surface area contributed by atoms with Crippen LogP contribution in [0.3, 0.4) is 0 Å². The minimum atomic E-state index is -3.03. The second-order valence-electron chi connectivity index (χ2n) is 5.49. The Labute approximate surface area is 134 Å². The van der Waals surface area contributed by atoms with E-state index in [1.807, 2.05) is 0 Å². The van der Waals surface area contributed by atoms with Crippen molar-refractivity contribution in [3.8, 4) is 11.3 Å². The predicted molar refractivity (Wildman–Crippen MR) is 75.7 cm³/mol. The molecule has 2 aromatic rings. The first kappa shape index (κ1) is 16.3. The molecule has 128 valence electrons. The average molecular weight is 343 g/mol. The molecule has 1 unspecified atom stereocenters. The van der Waals surface area contributed by atoms with Crippen molar-refractivity contribution in [1.82, 2.24) is 14.7 Å². The van der Waals surface area contributed by atoms with Gasteiger partial charge in [-0.1, -0.05) is 0 Å². The molecule has 5 nitrogen and oxygen atoms in total. The van der Waals surface area contributed by atoms with Crippen LogP contribution in [0.25, 0.3) is 11.3 Å². The van der Waals surface area contributed by atoms with E-state index in [4.69, 9.17) is 5.11 Å². The fourth-order valence-corrected chi connectivity index (χ4v) is 3.04. The number of carboxylic acid groups (broad SMARTS) is 1. The molecule has 24 heavy (non-hydrogen) atoms.